The molecule has 2 N–H and O–H groups in total. The van der Waals surface area contributed by atoms with Crippen LogP contribution in [0.15, 0.2) is 22.7 Å². The summed E-state index contributed by atoms with van der Waals surface area (Å²) in [6.07, 6.45) is -0.732. The Hall–Kier alpha value is -0.850. The lowest BCUT2D eigenvalue weighted by Gasteiger charge is -2.10. The first-order valence-corrected chi connectivity index (χ1v) is 5.79. The van der Waals surface area contributed by atoms with Crippen LogP contribution in [0.4, 0.5) is 11.4 Å². The molecule has 0 saturated heterocycles. The predicted molar refractivity (Wildman–Crippen MR) is 66.0 cm³/mol. The van der Waals surface area contributed by atoms with E-state index in [9.17, 15) is 15.2 Å². The van der Waals surface area contributed by atoms with E-state index in [1.807, 2.05) is 0 Å². The monoisotopic (exact) mass is 308 g/mol. The van der Waals surface area contributed by atoms with Gasteiger partial charge in [-0.05, 0) is 12.1 Å². The average molecular weight is 310 g/mol. The Balaban J connectivity index is 2.82. The number of anilines is 1. The number of rotatable bonds is 5. The highest BCUT2D eigenvalue weighted by Crippen LogP contribution is 2.27. The molecule has 88 valence electrons. The highest BCUT2D eigenvalue weighted by molar-refractivity contribution is 9.10. The number of aliphatic hydroxyl groups excluding tert-OH is 1. The number of nitrogens with one attached hydrogen (secondary N) is 1. The molecule has 5 nitrogen and oxygen atoms in total. The van der Waals surface area contributed by atoms with Gasteiger partial charge in [0.2, 0.25) is 0 Å². The van der Waals surface area contributed by atoms with Crippen molar-refractivity contribution in [3.63, 3.8) is 0 Å². The zero-order valence-corrected chi connectivity index (χ0v) is 10.5. The Labute approximate surface area is 106 Å². The summed E-state index contributed by atoms with van der Waals surface area (Å²) in [7, 11) is 0. The van der Waals surface area contributed by atoms with Gasteiger partial charge in [0.15, 0.2) is 0 Å². The standard InChI is InChI=1S/C9H10BrClN2O3/c10-6-1-2-8(9(3-6)13(15)16)12-5-7(14)4-11/h1-3,7,12,14H,4-5H2. The molecule has 1 unspecified atom stereocenters. The Kier molecular flexibility index (Phi) is 4.98. The number of benzene rings is 1. The molecule has 1 aromatic rings. The SMILES string of the molecule is O=[N+]([O-])c1cc(Br)ccc1NCC(O)CCl. The van der Waals surface area contributed by atoms with Crippen LogP contribution in [0.25, 0.3) is 0 Å². The van der Waals surface area contributed by atoms with E-state index >= 15 is 0 Å². The van der Waals surface area contributed by atoms with Crippen molar-refractivity contribution >= 4 is 38.9 Å². The molecule has 16 heavy (non-hydrogen) atoms. The van der Waals surface area contributed by atoms with Crippen LogP contribution in [-0.4, -0.2) is 28.6 Å². The van der Waals surface area contributed by atoms with Crippen molar-refractivity contribution in [1.82, 2.24) is 0 Å². The zero-order valence-electron chi connectivity index (χ0n) is 8.19. The van der Waals surface area contributed by atoms with Gasteiger partial charge in [0.05, 0.1) is 16.9 Å². The van der Waals surface area contributed by atoms with Crippen LogP contribution in [0.1, 0.15) is 0 Å². The molecule has 0 saturated carbocycles. The molecule has 1 rings (SSSR count). The second-order valence-electron chi connectivity index (χ2n) is 3.11. The van der Waals surface area contributed by atoms with E-state index in [0.29, 0.717) is 10.2 Å². The van der Waals surface area contributed by atoms with Crippen molar-refractivity contribution in [2.75, 3.05) is 17.7 Å². The number of nitrogens with zero attached hydrogens (tertiary/aromatic N) is 1. The summed E-state index contributed by atoms with van der Waals surface area (Å²) in [5, 5.41) is 22.7. The highest BCUT2D eigenvalue weighted by Gasteiger charge is 2.14. The quantitative estimate of drug-likeness (QED) is 0.497. The lowest BCUT2D eigenvalue weighted by Crippen LogP contribution is -2.21. The van der Waals surface area contributed by atoms with Crippen molar-refractivity contribution in [3.8, 4) is 0 Å². The molecule has 0 aliphatic heterocycles. The molecule has 0 fully saturated rings. The van der Waals surface area contributed by atoms with Gasteiger partial charge in [-0.2, -0.15) is 0 Å². The summed E-state index contributed by atoms with van der Waals surface area (Å²) in [6, 6.07) is 4.65. The number of halogens is 2. The summed E-state index contributed by atoms with van der Waals surface area (Å²) >= 11 is 8.57. The van der Waals surface area contributed by atoms with Crippen molar-refractivity contribution in [3.05, 3.63) is 32.8 Å². The average Bonchev–Trinajstić information content (AvgIpc) is 2.26. The molecular formula is C9H10BrClN2O3. The van der Waals surface area contributed by atoms with Gasteiger partial charge in [-0.15, -0.1) is 11.6 Å². The molecule has 0 radical (unpaired) electrons. The summed E-state index contributed by atoms with van der Waals surface area (Å²) in [5.74, 6) is 0.0807. The second-order valence-corrected chi connectivity index (χ2v) is 4.33. The zero-order chi connectivity index (χ0) is 12.1. The maximum atomic E-state index is 10.7. The van der Waals surface area contributed by atoms with E-state index in [4.69, 9.17) is 11.6 Å². The first-order chi connectivity index (χ1) is 7.54. The predicted octanol–water partition coefficient (Wildman–Crippen LogP) is 2.37. The van der Waals surface area contributed by atoms with Crippen LogP contribution in [0.3, 0.4) is 0 Å². The molecule has 1 aromatic carbocycles. The molecule has 1 atom stereocenters. The molecule has 0 heterocycles. The first kappa shape index (κ1) is 13.2. The van der Waals surface area contributed by atoms with Crippen LogP contribution in [0, 0.1) is 10.1 Å². The number of alkyl halides is 1. The van der Waals surface area contributed by atoms with Gasteiger partial charge in [0, 0.05) is 17.1 Å². The van der Waals surface area contributed by atoms with E-state index in [2.05, 4.69) is 21.2 Å². The molecule has 0 aromatic heterocycles. The Bertz CT molecular complexity index is 389. The lowest BCUT2D eigenvalue weighted by molar-refractivity contribution is -0.384. The van der Waals surface area contributed by atoms with Crippen molar-refractivity contribution in [1.29, 1.82) is 0 Å². The molecule has 0 aliphatic carbocycles. The number of hydrogen-bond acceptors (Lipinski definition) is 4. The van der Waals surface area contributed by atoms with E-state index < -0.39 is 11.0 Å². The van der Waals surface area contributed by atoms with Gasteiger partial charge >= 0.3 is 0 Å². The van der Waals surface area contributed by atoms with Crippen molar-refractivity contribution < 1.29 is 10.0 Å². The third-order valence-corrected chi connectivity index (χ3v) is 2.71. The van der Waals surface area contributed by atoms with Gasteiger partial charge < -0.3 is 10.4 Å². The fraction of sp³-hybridized carbons (Fsp3) is 0.333. The van der Waals surface area contributed by atoms with Crippen LogP contribution in [0.5, 0.6) is 0 Å². The molecule has 0 bridgehead atoms. The van der Waals surface area contributed by atoms with E-state index in [1.54, 1.807) is 12.1 Å². The second kappa shape index (κ2) is 6.03. The maximum absolute atomic E-state index is 10.7. The first-order valence-electron chi connectivity index (χ1n) is 4.46. The third kappa shape index (κ3) is 3.62. The van der Waals surface area contributed by atoms with Crippen LogP contribution in [-0.2, 0) is 0 Å². The smallest absolute Gasteiger partial charge is 0.293 e. The Morgan fingerprint density at radius 1 is 1.62 bits per heavy atom. The van der Waals surface area contributed by atoms with Crippen molar-refractivity contribution in [2.24, 2.45) is 0 Å². The van der Waals surface area contributed by atoms with Gasteiger partial charge in [-0.25, -0.2) is 0 Å². The topological polar surface area (TPSA) is 75.4 Å². The number of aliphatic hydroxyl groups is 1. The van der Waals surface area contributed by atoms with Crippen LogP contribution in [0.2, 0.25) is 0 Å². The maximum Gasteiger partial charge on any atom is 0.293 e. The molecule has 0 spiro atoms. The summed E-state index contributed by atoms with van der Waals surface area (Å²) < 4.78 is 0.627. The van der Waals surface area contributed by atoms with Crippen LogP contribution >= 0.6 is 27.5 Å². The van der Waals surface area contributed by atoms with E-state index in [0.717, 1.165) is 0 Å². The molecule has 7 heteroatoms. The minimum Gasteiger partial charge on any atom is -0.390 e. The minimum atomic E-state index is -0.732. The van der Waals surface area contributed by atoms with E-state index in [-0.39, 0.29) is 18.1 Å². The van der Waals surface area contributed by atoms with Gasteiger partial charge in [0.1, 0.15) is 5.69 Å². The summed E-state index contributed by atoms with van der Waals surface area (Å²) in [4.78, 5) is 10.3. The Morgan fingerprint density at radius 2 is 2.31 bits per heavy atom. The van der Waals surface area contributed by atoms with Gasteiger partial charge in [-0.1, -0.05) is 15.9 Å². The van der Waals surface area contributed by atoms with E-state index in [1.165, 1.54) is 6.07 Å². The fourth-order valence-corrected chi connectivity index (χ4v) is 1.55. The summed E-state index contributed by atoms with van der Waals surface area (Å²) in [6.45, 7) is 0.173. The third-order valence-electron chi connectivity index (χ3n) is 1.86. The number of nitro groups is 1. The van der Waals surface area contributed by atoms with Gasteiger partial charge in [0.25, 0.3) is 5.69 Å². The van der Waals surface area contributed by atoms with Crippen molar-refractivity contribution in [2.45, 2.75) is 6.10 Å². The highest BCUT2D eigenvalue weighted by atomic mass is 79.9. The summed E-state index contributed by atoms with van der Waals surface area (Å²) in [5.41, 5.74) is 0.313. The molecule has 0 aliphatic rings. The Morgan fingerprint density at radius 3 is 2.88 bits per heavy atom. The molecule has 0 amide bonds. The minimum absolute atomic E-state index is 0.0452. The largest absolute Gasteiger partial charge is 0.390 e. The van der Waals surface area contributed by atoms with Gasteiger partial charge in [-0.3, -0.25) is 10.1 Å². The fourth-order valence-electron chi connectivity index (χ4n) is 1.09. The van der Waals surface area contributed by atoms with Crippen LogP contribution < -0.4 is 5.32 Å². The number of hydrogen-bond donors (Lipinski definition) is 2. The lowest BCUT2D eigenvalue weighted by atomic mass is 10.2. The molecular weight excluding hydrogens is 299 g/mol. The number of nitro benzene ring substituents is 1. The normalized spacial score (nSPS) is 12.2.